The van der Waals surface area contributed by atoms with Crippen molar-refractivity contribution in [1.29, 1.82) is 0 Å². The minimum Gasteiger partial charge on any atom is -0.493 e. The number of methoxy groups -OCH3 is 1. The molecule has 0 aliphatic heterocycles. The van der Waals surface area contributed by atoms with E-state index in [0.717, 1.165) is 18.0 Å². The highest BCUT2D eigenvalue weighted by Crippen LogP contribution is 2.32. The van der Waals surface area contributed by atoms with Gasteiger partial charge in [-0.3, -0.25) is 4.68 Å². The van der Waals surface area contributed by atoms with Gasteiger partial charge in [0.05, 0.1) is 25.0 Å². The van der Waals surface area contributed by atoms with Crippen molar-refractivity contribution in [3.05, 3.63) is 11.9 Å². The number of nitrogens with two attached hydrogens (primary N) is 1. The van der Waals surface area contributed by atoms with Crippen molar-refractivity contribution in [3.8, 4) is 5.75 Å². The van der Waals surface area contributed by atoms with Crippen molar-refractivity contribution >= 4 is 0 Å². The average molecular weight is 240 g/mol. The maximum atomic E-state index is 6.39. The van der Waals surface area contributed by atoms with E-state index >= 15 is 0 Å². The Bertz CT molecular complexity index is 349. The van der Waals surface area contributed by atoms with Gasteiger partial charge in [-0.1, -0.05) is 0 Å². The summed E-state index contributed by atoms with van der Waals surface area (Å²) in [5, 5.41) is 4.29. The number of hydrogen-bond donors (Lipinski definition) is 1. The molecule has 0 saturated heterocycles. The lowest BCUT2D eigenvalue weighted by Gasteiger charge is -2.38. The Balaban J connectivity index is 3.18. The third-order valence-corrected chi connectivity index (χ3v) is 3.57. The Kier molecular flexibility index (Phi) is 4.16. The third-order valence-electron chi connectivity index (χ3n) is 3.57. The van der Waals surface area contributed by atoms with Crippen LogP contribution in [0.2, 0.25) is 0 Å². The molecule has 1 aromatic rings. The van der Waals surface area contributed by atoms with E-state index in [9.17, 15) is 0 Å². The molecule has 0 aliphatic carbocycles. The number of ether oxygens (including phenoxy) is 1. The predicted octanol–water partition coefficient (Wildman–Crippen LogP) is 1.25. The van der Waals surface area contributed by atoms with Gasteiger partial charge >= 0.3 is 0 Å². The minimum absolute atomic E-state index is 0.158. The largest absolute Gasteiger partial charge is 0.493 e. The Hall–Kier alpha value is -1.07. The molecule has 1 rings (SSSR count). The summed E-state index contributed by atoms with van der Waals surface area (Å²) in [6.07, 6.45) is 1.73. The summed E-state index contributed by atoms with van der Waals surface area (Å²) in [6, 6.07) is -0.158. The molecule has 1 atom stereocenters. The van der Waals surface area contributed by atoms with Crippen LogP contribution in [0.4, 0.5) is 0 Å². The molecule has 1 unspecified atom stereocenters. The molecule has 1 aromatic heterocycles. The smallest absolute Gasteiger partial charge is 0.161 e. The maximum absolute atomic E-state index is 6.39. The molecule has 2 N–H and O–H groups in total. The zero-order valence-corrected chi connectivity index (χ0v) is 11.7. The molecular formula is C12H24N4O. The average Bonchev–Trinajstić information content (AvgIpc) is 2.69. The van der Waals surface area contributed by atoms with Crippen LogP contribution in [0.3, 0.4) is 0 Å². The molecule has 0 spiro atoms. The van der Waals surface area contributed by atoms with Crippen molar-refractivity contribution < 1.29 is 4.74 Å². The predicted molar refractivity (Wildman–Crippen MR) is 69.1 cm³/mol. The number of aryl methyl sites for hydroxylation is 1. The molecular weight excluding hydrogens is 216 g/mol. The van der Waals surface area contributed by atoms with Gasteiger partial charge in [0.25, 0.3) is 0 Å². The summed E-state index contributed by atoms with van der Waals surface area (Å²) < 4.78 is 7.24. The van der Waals surface area contributed by atoms with E-state index in [-0.39, 0.29) is 11.6 Å². The van der Waals surface area contributed by atoms with Gasteiger partial charge in [-0.2, -0.15) is 5.10 Å². The number of hydrogen-bond acceptors (Lipinski definition) is 4. The molecule has 98 valence electrons. The van der Waals surface area contributed by atoms with Gasteiger partial charge in [0, 0.05) is 12.1 Å². The van der Waals surface area contributed by atoms with Crippen molar-refractivity contribution in [2.24, 2.45) is 5.73 Å². The van der Waals surface area contributed by atoms with Crippen molar-refractivity contribution in [1.82, 2.24) is 14.7 Å². The van der Waals surface area contributed by atoms with E-state index < -0.39 is 0 Å². The Morgan fingerprint density at radius 2 is 2.12 bits per heavy atom. The molecule has 1 heterocycles. The topological polar surface area (TPSA) is 56.3 Å². The van der Waals surface area contributed by atoms with Crippen LogP contribution in [-0.4, -0.2) is 41.4 Å². The molecule has 0 aromatic carbocycles. The number of likely N-dealkylation sites (N-methyl/N-ethyl adjacent to an activating group) is 1. The summed E-state index contributed by atoms with van der Waals surface area (Å²) >= 11 is 0. The summed E-state index contributed by atoms with van der Waals surface area (Å²) in [4.78, 5) is 2.12. The molecule has 17 heavy (non-hydrogen) atoms. The fourth-order valence-electron chi connectivity index (χ4n) is 1.71. The molecule has 5 nitrogen and oxygen atoms in total. The summed E-state index contributed by atoms with van der Waals surface area (Å²) in [5.41, 5.74) is 7.17. The highest BCUT2D eigenvalue weighted by atomic mass is 16.5. The first kappa shape index (κ1) is 14.0. The molecule has 0 saturated carbocycles. The zero-order chi connectivity index (χ0) is 13.2. The van der Waals surface area contributed by atoms with E-state index in [2.05, 4.69) is 23.8 Å². The number of aromatic nitrogens is 2. The number of rotatable bonds is 5. The summed E-state index contributed by atoms with van der Waals surface area (Å²) in [6.45, 7) is 7.06. The molecule has 0 fully saturated rings. The van der Waals surface area contributed by atoms with Crippen molar-refractivity contribution in [3.63, 3.8) is 0 Å². The molecule has 0 bridgehead atoms. The van der Waals surface area contributed by atoms with Crippen LogP contribution in [0, 0.1) is 0 Å². The Labute approximate surface area is 104 Å². The molecule has 5 heteroatoms. The standard InChI is InChI=1S/C12H24N4O/c1-7-16-10(9(17-6)8-14-16)11(13)12(2,3)15(4)5/h8,11H,7,13H2,1-6H3. The maximum Gasteiger partial charge on any atom is 0.161 e. The summed E-state index contributed by atoms with van der Waals surface area (Å²) in [5.74, 6) is 0.759. The van der Waals surface area contributed by atoms with Crippen LogP contribution in [0.15, 0.2) is 6.20 Å². The van der Waals surface area contributed by atoms with E-state index in [0.29, 0.717) is 0 Å². The van der Waals surface area contributed by atoms with E-state index in [1.165, 1.54) is 0 Å². The van der Waals surface area contributed by atoms with Gasteiger partial charge < -0.3 is 15.4 Å². The first-order valence-corrected chi connectivity index (χ1v) is 5.88. The highest BCUT2D eigenvalue weighted by Gasteiger charge is 2.34. The first-order valence-electron chi connectivity index (χ1n) is 5.88. The van der Waals surface area contributed by atoms with Gasteiger partial charge in [-0.05, 0) is 34.9 Å². The van der Waals surface area contributed by atoms with Crippen LogP contribution in [-0.2, 0) is 6.54 Å². The molecule has 0 aliphatic rings. The fourth-order valence-corrected chi connectivity index (χ4v) is 1.71. The zero-order valence-electron chi connectivity index (χ0n) is 11.7. The van der Waals surface area contributed by atoms with Crippen LogP contribution >= 0.6 is 0 Å². The summed E-state index contributed by atoms with van der Waals surface area (Å²) in [7, 11) is 5.70. The molecule has 0 radical (unpaired) electrons. The Morgan fingerprint density at radius 1 is 1.53 bits per heavy atom. The second kappa shape index (κ2) is 5.06. The first-order chi connectivity index (χ1) is 7.86. The Morgan fingerprint density at radius 3 is 2.53 bits per heavy atom. The monoisotopic (exact) mass is 240 g/mol. The van der Waals surface area contributed by atoms with Gasteiger partial charge in [0.1, 0.15) is 0 Å². The lowest BCUT2D eigenvalue weighted by Crippen LogP contribution is -2.48. The SMILES string of the molecule is CCn1ncc(OC)c1C(N)C(C)(C)N(C)C. The molecule has 0 amide bonds. The minimum atomic E-state index is -0.166. The van der Waals surface area contributed by atoms with Crippen molar-refractivity contribution in [2.45, 2.75) is 38.9 Å². The lowest BCUT2D eigenvalue weighted by atomic mass is 9.91. The fraction of sp³-hybridized carbons (Fsp3) is 0.750. The van der Waals surface area contributed by atoms with Crippen LogP contribution in [0.25, 0.3) is 0 Å². The lowest BCUT2D eigenvalue weighted by molar-refractivity contribution is 0.152. The van der Waals surface area contributed by atoms with Gasteiger partial charge in [-0.25, -0.2) is 0 Å². The third kappa shape index (κ3) is 2.45. The quantitative estimate of drug-likeness (QED) is 0.841. The van der Waals surface area contributed by atoms with E-state index in [1.54, 1.807) is 13.3 Å². The van der Waals surface area contributed by atoms with Gasteiger partial charge in [0.15, 0.2) is 5.75 Å². The van der Waals surface area contributed by atoms with E-state index in [4.69, 9.17) is 10.5 Å². The second-order valence-corrected chi connectivity index (χ2v) is 4.94. The van der Waals surface area contributed by atoms with Crippen molar-refractivity contribution in [2.75, 3.05) is 21.2 Å². The van der Waals surface area contributed by atoms with Crippen LogP contribution < -0.4 is 10.5 Å². The van der Waals surface area contributed by atoms with E-state index in [1.807, 2.05) is 25.7 Å². The normalized spacial score (nSPS) is 14.1. The van der Waals surface area contributed by atoms with Gasteiger partial charge in [0.2, 0.25) is 0 Å². The second-order valence-electron chi connectivity index (χ2n) is 4.94. The van der Waals surface area contributed by atoms with Gasteiger partial charge in [-0.15, -0.1) is 0 Å². The highest BCUT2D eigenvalue weighted by molar-refractivity contribution is 5.30. The van der Waals surface area contributed by atoms with Crippen LogP contribution in [0.1, 0.15) is 32.5 Å². The van der Waals surface area contributed by atoms with Crippen LogP contribution in [0.5, 0.6) is 5.75 Å². The number of nitrogens with zero attached hydrogens (tertiary/aromatic N) is 3.